The first-order valence-electron chi connectivity index (χ1n) is 24.7. The number of ether oxygens (including phenoxy) is 10. The van der Waals surface area contributed by atoms with Gasteiger partial charge in [0.15, 0.2) is 6.29 Å². The van der Waals surface area contributed by atoms with E-state index in [1.165, 1.54) is 0 Å². The van der Waals surface area contributed by atoms with Gasteiger partial charge >= 0.3 is 0 Å². The third kappa shape index (κ3) is 14.4. The van der Waals surface area contributed by atoms with Crippen LogP contribution in [0.15, 0.2) is 212 Å². The maximum atomic E-state index is 12.1. The van der Waals surface area contributed by atoms with Crippen molar-refractivity contribution in [1.29, 1.82) is 0 Å². The van der Waals surface area contributed by atoms with Crippen LogP contribution in [0.4, 0.5) is 0 Å². The van der Waals surface area contributed by atoms with Crippen LogP contribution in [0.5, 0.6) is 0 Å². The first kappa shape index (κ1) is 51.0. The molecular weight excluding hydrogens is 909 g/mol. The molecule has 7 aromatic carbocycles. The number of hydrogen-bond donors (Lipinski definition) is 1. The molecule has 2 heterocycles. The zero-order chi connectivity index (χ0) is 49.1. The van der Waals surface area contributed by atoms with Crippen molar-refractivity contribution >= 4 is 0 Å². The molecule has 2 fully saturated rings. The Balaban J connectivity index is 1.06. The molecule has 9 atom stereocenters. The second kappa shape index (κ2) is 26.7. The van der Waals surface area contributed by atoms with Crippen molar-refractivity contribution in [2.75, 3.05) is 19.8 Å². The molecule has 1 N–H and O–H groups in total. The van der Waals surface area contributed by atoms with E-state index in [-0.39, 0.29) is 59.5 Å². The van der Waals surface area contributed by atoms with Gasteiger partial charge in [-0.1, -0.05) is 212 Å². The van der Waals surface area contributed by atoms with Crippen LogP contribution in [0.3, 0.4) is 0 Å². The van der Waals surface area contributed by atoms with Gasteiger partial charge in [0.05, 0.1) is 59.5 Å². The standard InChI is InChI=1S/C61H64O11/c62-60-58(68-41-51-32-18-6-19-33-51)57(67-40-50-30-16-5-17-31-50)55(65-38-48-26-12-3-13-27-48)53(71-60)44-70-61(45-64-37-47-24-10-2-11-25-47)59(69-42-52-34-20-7-21-35-52)56(66-39-49-28-14-4-15-29-49)54(72-61)43-63-36-46-22-8-1-9-23-46/h1-35,53-60,62H,36-45H2/t53-,54-,55-,56-,57+,58+,59+,60+,61+/m1/s1. The van der Waals surface area contributed by atoms with Gasteiger partial charge in [0.25, 0.3) is 0 Å². The molecule has 2 saturated heterocycles. The molecule has 9 rings (SSSR count). The van der Waals surface area contributed by atoms with Crippen molar-refractivity contribution in [2.45, 2.75) is 101 Å². The summed E-state index contributed by atoms with van der Waals surface area (Å²) in [6.45, 7) is 1.71. The maximum absolute atomic E-state index is 12.1. The van der Waals surface area contributed by atoms with Crippen molar-refractivity contribution in [2.24, 2.45) is 0 Å². The van der Waals surface area contributed by atoms with Crippen LogP contribution in [-0.4, -0.2) is 79.7 Å². The number of rotatable bonds is 26. The Morgan fingerprint density at radius 1 is 0.347 bits per heavy atom. The SMILES string of the molecule is O[C@H]1O[C@H](CO[C@@]2(COCc3ccccc3)O[C@H](COCc3ccccc3)[C@@H](OCc3ccccc3)[C@@H]2OCc2ccccc2)[C@@H](OCc2ccccc2)[C@H](OCc2ccccc2)[C@@H]1OCc1ccccc1. The lowest BCUT2D eigenvalue weighted by atomic mass is 9.97. The van der Waals surface area contributed by atoms with Gasteiger partial charge < -0.3 is 52.5 Å². The molecule has 0 bridgehead atoms. The third-order valence-corrected chi connectivity index (χ3v) is 12.8. The average molecular weight is 973 g/mol. The summed E-state index contributed by atoms with van der Waals surface area (Å²) < 4.78 is 68.3. The summed E-state index contributed by atoms with van der Waals surface area (Å²) in [4.78, 5) is 0. The summed E-state index contributed by atoms with van der Waals surface area (Å²) >= 11 is 0. The predicted octanol–water partition coefficient (Wildman–Crippen LogP) is 10.2. The molecule has 2 aliphatic heterocycles. The molecule has 2 aliphatic rings. The number of hydrogen-bond acceptors (Lipinski definition) is 11. The minimum absolute atomic E-state index is 0.0662. The minimum Gasteiger partial charge on any atom is -0.374 e. The zero-order valence-electron chi connectivity index (χ0n) is 40.4. The summed E-state index contributed by atoms with van der Waals surface area (Å²) in [6, 6.07) is 69.5. The Morgan fingerprint density at radius 2 is 0.694 bits per heavy atom. The summed E-state index contributed by atoms with van der Waals surface area (Å²) in [5.41, 5.74) is 6.76. The molecule has 0 spiro atoms. The van der Waals surface area contributed by atoms with Crippen LogP contribution in [-0.2, 0) is 93.6 Å². The Hall–Kier alpha value is -5.90. The minimum atomic E-state index is -1.61. The van der Waals surface area contributed by atoms with E-state index in [9.17, 15) is 5.11 Å². The van der Waals surface area contributed by atoms with Crippen LogP contribution in [0.2, 0.25) is 0 Å². The van der Waals surface area contributed by atoms with Gasteiger partial charge in [0.2, 0.25) is 5.79 Å². The lowest BCUT2D eigenvalue weighted by Gasteiger charge is -2.45. The van der Waals surface area contributed by atoms with E-state index in [1.54, 1.807) is 0 Å². The fraction of sp³-hybridized carbons (Fsp3) is 0.311. The molecular formula is C61H64O11. The first-order valence-corrected chi connectivity index (χ1v) is 24.7. The first-order chi connectivity index (χ1) is 35.6. The van der Waals surface area contributed by atoms with Crippen molar-refractivity contribution in [1.82, 2.24) is 0 Å². The Morgan fingerprint density at radius 3 is 1.12 bits per heavy atom. The highest BCUT2D eigenvalue weighted by molar-refractivity contribution is 5.19. The highest BCUT2D eigenvalue weighted by Crippen LogP contribution is 2.40. The summed E-state index contributed by atoms with van der Waals surface area (Å²) in [7, 11) is 0. The van der Waals surface area contributed by atoms with Gasteiger partial charge in [-0.2, -0.15) is 0 Å². The van der Waals surface area contributed by atoms with Crippen molar-refractivity contribution in [3.05, 3.63) is 251 Å². The van der Waals surface area contributed by atoms with Gasteiger partial charge in [-0.3, -0.25) is 0 Å². The quantitative estimate of drug-likeness (QED) is 0.0560. The Labute approximate surface area is 423 Å². The topological polar surface area (TPSA) is 113 Å². The fourth-order valence-electron chi connectivity index (χ4n) is 9.06. The summed E-state index contributed by atoms with van der Waals surface area (Å²) in [5.74, 6) is -1.61. The molecule has 11 nitrogen and oxygen atoms in total. The average Bonchev–Trinajstić information content (AvgIpc) is 3.72. The molecule has 374 valence electrons. The Kier molecular flexibility index (Phi) is 18.9. The summed E-state index contributed by atoms with van der Waals surface area (Å²) in [5, 5.41) is 12.1. The number of benzene rings is 7. The molecule has 11 heteroatoms. The molecule has 0 unspecified atom stereocenters. The van der Waals surface area contributed by atoms with E-state index in [0.29, 0.717) is 6.61 Å². The fourth-order valence-corrected chi connectivity index (χ4v) is 9.06. The smallest absolute Gasteiger partial charge is 0.222 e. The monoisotopic (exact) mass is 972 g/mol. The lowest BCUT2D eigenvalue weighted by molar-refractivity contribution is -0.341. The zero-order valence-corrected chi connectivity index (χ0v) is 40.4. The third-order valence-electron chi connectivity index (χ3n) is 12.8. The van der Waals surface area contributed by atoms with Crippen molar-refractivity contribution in [3.63, 3.8) is 0 Å². The van der Waals surface area contributed by atoms with Gasteiger partial charge in [0, 0.05) is 0 Å². The normalized spacial score (nSPS) is 24.0. The highest BCUT2D eigenvalue weighted by Gasteiger charge is 2.59. The van der Waals surface area contributed by atoms with Crippen LogP contribution in [0.1, 0.15) is 38.9 Å². The maximum Gasteiger partial charge on any atom is 0.222 e. The number of aliphatic hydroxyl groups is 1. The van der Waals surface area contributed by atoms with E-state index < -0.39 is 54.8 Å². The van der Waals surface area contributed by atoms with E-state index in [2.05, 4.69) is 0 Å². The molecule has 7 aromatic rings. The van der Waals surface area contributed by atoms with E-state index in [0.717, 1.165) is 38.9 Å². The molecule has 0 saturated carbocycles. The van der Waals surface area contributed by atoms with Crippen molar-refractivity contribution in [3.8, 4) is 0 Å². The van der Waals surface area contributed by atoms with Crippen LogP contribution >= 0.6 is 0 Å². The van der Waals surface area contributed by atoms with E-state index >= 15 is 0 Å². The van der Waals surface area contributed by atoms with E-state index in [4.69, 9.17) is 47.4 Å². The Bertz CT molecular complexity index is 2560. The van der Waals surface area contributed by atoms with Crippen molar-refractivity contribution < 1.29 is 52.5 Å². The van der Waals surface area contributed by atoms with Gasteiger partial charge in [-0.25, -0.2) is 0 Å². The molecule has 0 aromatic heterocycles. The van der Waals surface area contributed by atoms with E-state index in [1.807, 2.05) is 212 Å². The number of aliphatic hydroxyl groups excluding tert-OH is 1. The molecule has 0 amide bonds. The van der Waals surface area contributed by atoms with Gasteiger partial charge in [-0.15, -0.1) is 0 Å². The van der Waals surface area contributed by atoms with Gasteiger partial charge in [-0.05, 0) is 38.9 Å². The van der Waals surface area contributed by atoms with Gasteiger partial charge in [0.1, 0.15) is 49.3 Å². The van der Waals surface area contributed by atoms with Crippen LogP contribution in [0.25, 0.3) is 0 Å². The highest BCUT2D eigenvalue weighted by atomic mass is 16.8. The second-order valence-corrected chi connectivity index (χ2v) is 18.1. The summed E-state index contributed by atoms with van der Waals surface area (Å²) in [6.07, 6.45) is -7.18. The predicted molar refractivity (Wildman–Crippen MR) is 272 cm³/mol. The lowest BCUT2D eigenvalue weighted by Crippen LogP contribution is -2.62. The van der Waals surface area contributed by atoms with Crippen LogP contribution < -0.4 is 0 Å². The molecule has 0 radical (unpaired) electrons. The molecule has 0 aliphatic carbocycles. The molecule has 72 heavy (non-hydrogen) atoms. The second-order valence-electron chi connectivity index (χ2n) is 18.1. The van der Waals surface area contributed by atoms with Crippen LogP contribution in [0, 0.1) is 0 Å². The largest absolute Gasteiger partial charge is 0.374 e.